The summed E-state index contributed by atoms with van der Waals surface area (Å²) < 4.78 is 26.8. The summed E-state index contributed by atoms with van der Waals surface area (Å²) >= 11 is 0. The smallest absolute Gasteiger partial charge is 0.262 e. The van der Waals surface area contributed by atoms with Crippen molar-refractivity contribution in [2.24, 2.45) is 0 Å². The standard InChI is InChI=1S/C16H17N3O3S/c1-10-6-5-8-12(11(10)2)18-16(20)15-17-13-7-3-4-9-14(13)23(21,22)19-15/h3-9,15,17,19H,1-2H3,(H,18,20)/t15-/m0/s1. The SMILES string of the molecule is Cc1cccc(NC(=O)[C@H]2Nc3ccccc3S(=O)(=O)N2)c1C. The number of carbonyl (C=O) groups excluding carboxylic acids is 1. The van der Waals surface area contributed by atoms with Crippen LogP contribution in [0.4, 0.5) is 11.4 Å². The molecule has 7 heteroatoms. The van der Waals surface area contributed by atoms with Crippen molar-refractivity contribution in [2.75, 3.05) is 10.6 Å². The topological polar surface area (TPSA) is 87.3 Å². The third kappa shape index (κ3) is 2.93. The summed E-state index contributed by atoms with van der Waals surface area (Å²) in [6.07, 6.45) is -1.06. The highest BCUT2D eigenvalue weighted by Crippen LogP contribution is 2.26. The van der Waals surface area contributed by atoms with Crippen LogP contribution in [-0.4, -0.2) is 20.5 Å². The molecule has 2 aromatic rings. The number of hydrogen-bond acceptors (Lipinski definition) is 4. The van der Waals surface area contributed by atoms with E-state index in [1.54, 1.807) is 24.3 Å². The molecule has 120 valence electrons. The summed E-state index contributed by atoms with van der Waals surface area (Å²) in [5.74, 6) is -0.461. The number of amides is 1. The van der Waals surface area contributed by atoms with Crippen molar-refractivity contribution < 1.29 is 13.2 Å². The van der Waals surface area contributed by atoms with Crippen molar-refractivity contribution in [3.8, 4) is 0 Å². The Morgan fingerprint density at radius 1 is 1.09 bits per heavy atom. The van der Waals surface area contributed by atoms with Gasteiger partial charge in [-0.2, -0.15) is 4.72 Å². The molecule has 1 heterocycles. The quantitative estimate of drug-likeness (QED) is 0.785. The van der Waals surface area contributed by atoms with Crippen molar-refractivity contribution in [1.82, 2.24) is 4.72 Å². The van der Waals surface area contributed by atoms with Crippen LogP contribution in [0.2, 0.25) is 0 Å². The van der Waals surface area contributed by atoms with E-state index < -0.39 is 22.1 Å². The predicted octanol–water partition coefficient (Wildman–Crippen LogP) is 1.97. The van der Waals surface area contributed by atoms with E-state index in [2.05, 4.69) is 15.4 Å². The summed E-state index contributed by atoms with van der Waals surface area (Å²) in [4.78, 5) is 12.6. The minimum absolute atomic E-state index is 0.135. The van der Waals surface area contributed by atoms with Crippen LogP contribution < -0.4 is 15.4 Å². The molecule has 3 N–H and O–H groups in total. The Kier molecular flexibility index (Phi) is 3.83. The summed E-state index contributed by atoms with van der Waals surface area (Å²) in [5, 5.41) is 5.67. The van der Waals surface area contributed by atoms with Crippen LogP contribution in [0.5, 0.6) is 0 Å². The van der Waals surface area contributed by atoms with Crippen LogP contribution >= 0.6 is 0 Å². The second-order valence-corrected chi connectivity index (χ2v) is 7.11. The van der Waals surface area contributed by atoms with E-state index in [1.807, 2.05) is 26.0 Å². The molecule has 0 unspecified atom stereocenters. The van der Waals surface area contributed by atoms with Crippen molar-refractivity contribution in [3.05, 3.63) is 53.6 Å². The largest absolute Gasteiger partial charge is 0.360 e. The average Bonchev–Trinajstić information content (AvgIpc) is 2.51. The lowest BCUT2D eigenvalue weighted by Gasteiger charge is -2.27. The van der Waals surface area contributed by atoms with E-state index in [9.17, 15) is 13.2 Å². The molecule has 2 aromatic carbocycles. The Balaban J connectivity index is 1.86. The number of para-hydroxylation sites is 1. The molecular formula is C16H17N3O3S. The Labute approximate surface area is 135 Å². The summed E-state index contributed by atoms with van der Waals surface area (Å²) in [7, 11) is -3.72. The van der Waals surface area contributed by atoms with Crippen LogP contribution in [0.3, 0.4) is 0 Å². The highest BCUT2D eigenvalue weighted by Gasteiger charge is 2.32. The summed E-state index contributed by atoms with van der Waals surface area (Å²) in [5.41, 5.74) is 3.06. The van der Waals surface area contributed by atoms with Crippen LogP contribution in [0.15, 0.2) is 47.4 Å². The summed E-state index contributed by atoms with van der Waals surface area (Å²) in [6, 6.07) is 12.0. The highest BCUT2D eigenvalue weighted by atomic mass is 32.2. The lowest BCUT2D eigenvalue weighted by Crippen LogP contribution is -2.51. The van der Waals surface area contributed by atoms with Gasteiger partial charge in [0, 0.05) is 5.69 Å². The molecule has 0 saturated heterocycles. The molecule has 0 radical (unpaired) electrons. The maximum absolute atomic E-state index is 12.4. The minimum Gasteiger partial charge on any atom is -0.360 e. The van der Waals surface area contributed by atoms with Crippen molar-refractivity contribution in [2.45, 2.75) is 24.9 Å². The molecule has 1 aliphatic heterocycles. The monoisotopic (exact) mass is 331 g/mol. The highest BCUT2D eigenvalue weighted by molar-refractivity contribution is 7.89. The number of carbonyl (C=O) groups is 1. The van der Waals surface area contributed by atoms with Crippen molar-refractivity contribution in [3.63, 3.8) is 0 Å². The number of nitrogens with one attached hydrogen (secondary N) is 3. The fourth-order valence-electron chi connectivity index (χ4n) is 2.43. The van der Waals surface area contributed by atoms with E-state index in [0.717, 1.165) is 11.1 Å². The van der Waals surface area contributed by atoms with Gasteiger partial charge >= 0.3 is 0 Å². The molecule has 6 nitrogen and oxygen atoms in total. The van der Waals surface area contributed by atoms with Gasteiger partial charge < -0.3 is 10.6 Å². The normalized spacial score (nSPS) is 18.6. The molecule has 0 aromatic heterocycles. The number of aryl methyl sites for hydroxylation is 1. The second-order valence-electron chi connectivity index (χ2n) is 5.43. The van der Waals surface area contributed by atoms with Crippen LogP contribution in [0, 0.1) is 13.8 Å². The molecule has 1 atom stereocenters. The Morgan fingerprint density at radius 2 is 1.83 bits per heavy atom. The molecule has 1 aliphatic rings. The zero-order valence-electron chi connectivity index (χ0n) is 12.8. The van der Waals surface area contributed by atoms with Gasteiger partial charge in [0.05, 0.1) is 5.69 Å². The van der Waals surface area contributed by atoms with Gasteiger partial charge in [-0.15, -0.1) is 0 Å². The molecule has 0 bridgehead atoms. The zero-order valence-corrected chi connectivity index (χ0v) is 13.6. The molecule has 23 heavy (non-hydrogen) atoms. The van der Waals surface area contributed by atoms with Crippen LogP contribution in [0.25, 0.3) is 0 Å². The van der Waals surface area contributed by atoms with Gasteiger partial charge in [-0.1, -0.05) is 24.3 Å². The molecule has 3 rings (SSSR count). The molecule has 0 spiro atoms. The first-order valence-electron chi connectivity index (χ1n) is 7.13. The number of fused-ring (bicyclic) bond motifs is 1. The van der Waals surface area contributed by atoms with E-state index in [4.69, 9.17) is 0 Å². The van der Waals surface area contributed by atoms with Gasteiger partial charge in [-0.3, -0.25) is 4.79 Å². The van der Waals surface area contributed by atoms with Crippen LogP contribution in [-0.2, 0) is 14.8 Å². The van der Waals surface area contributed by atoms with Gasteiger partial charge in [0.2, 0.25) is 10.0 Å². The first kappa shape index (κ1) is 15.5. The maximum atomic E-state index is 12.4. The van der Waals surface area contributed by atoms with Gasteiger partial charge in [0.1, 0.15) is 4.90 Å². The van der Waals surface area contributed by atoms with Gasteiger partial charge in [-0.05, 0) is 43.2 Å². The van der Waals surface area contributed by atoms with Crippen molar-refractivity contribution >= 4 is 27.3 Å². The number of anilines is 2. The first-order chi connectivity index (χ1) is 10.9. The Hall–Kier alpha value is -2.38. The van der Waals surface area contributed by atoms with E-state index in [0.29, 0.717) is 11.4 Å². The van der Waals surface area contributed by atoms with Crippen molar-refractivity contribution in [1.29, 1.82) is 0 Å². The molecule has 0 fully saturated rings. The zero-order chi connectivity index (χ0) is 16.6. The lowest BCUT2D eigenvalue weighted by molar-refractivity contribution is -0.117. The first-order valence-corrected chi connectivity index (χ1v) is 8.62. The molecule has 0 aliphatic carbocycles. The third-order valence-corrected chi connectivity index (χ3v) is 5.36. The molecular weight excluding hydrogens is 314 g/mol. The van der Waals surface area contributed by atoms with Gasteiger partial charge in [-0.25, -0.2) is 8.42 Å². The van der Waals surface area contributed by atoms with Gasteiger partial charge in [0.25, 0.3) is 5.91 Å². The number of sulfonamides is 1. The molecule has 1 amide bonds. The lowest BCUT2D eigenvalue weighted by atomic mass is 10.1. The van der Waals surface area contributed by atoms with E-state index >= 15 is 0 Å². The van der Waals surface area contributed by atoms with Gasteiger partial charge in [0.15, 0.2) is 6.17 Å². The summed E-state index contributed by atoms with van der Waals surface area (Å²) in [6.45, 7) is 3.85. The minimum atomic E-state index is -3.72. The molecule has 0 saturated carbocycles. The maximum Gasteiger partial charge on any atom is 0.262 e. The number of rotatable bonds is 2. The van der Waals surface area contributed by atoms with E-state index in [1.165, 1.54) is 6.07 Å². The van der Waals surface area contributed by atoms with Crippen LogP contribution in [0.1, 0.15) is 11.1 Å². The predicted molar refractivity (Wildman–Crippen MR) is 88.7 cm³/mol. The van der Waals surface area contributed by atoms with E-state index in [-0.39, 0.29) is 4.90 Å². The fraction of sp³-hybridized carbons (Fsp3) is 0.188. The number of hydrogen-bond donors (Lipinski definition) is 3. The average molecular weight is 331 g/mol. The second kappa shape index (κ2) is 5.68. The Bertz CT molecular complexity index is 878. The number of benzene rings is 2. The fourth-order valence-corrected chi connectivity index (χ4v) is 3.71. The Morgan fingerprint density at radius 3 is 2.61 bits per heavy atom. The third-order valence-electron chi connectivity index (χ3n) is 3.87.